The van der Waals surface area contributed by atoms with Gasteiger partial charge in [0.1, 0.15) is 30.1 Å². The second-order valence-corrected chi connectivity index (χ2v) is 7.54. The van der Waals surface area contributed by atoms with Gasteiger partial charge in [0.2, 0.25) is 0 Å². The highest BCUT2D eigenvalue weighted by Gasteiger charge is 2.24. The fourth-order valence-electron chi connectivity index (χ4n) is 3.09. The van der Waals surface area contributed by atoms with Gasteiger partial charge in [-0.25, -0.2) is 18.4 Å². The molecule has 9 heteroatoms. The van der Waals surface area contributed by atoms with Gasteiger partial charge in [0.15, 0.2) is 0 Å². The van der Waals surface area contributed by atoms with Crippen molar-refractivity contribution in [3.8, 4) is 5.75 Å². The molecule has 1 amide bonds. The number of carbonyl (C=O) groups is 2. The molecule has 2 aromatic carbocycles. The van der Waals surface area contributed by atoms with Gasteiger partial charge in [-0.2, -0.15) is 0 Å². The highest BCUT2D eigenvalue weighted by Crippen LogP contribution is 2.31. The molecule has 0 radical (unpaired) electrons. The van der Waals surface area contributed by atoms with Gasteiger partial charge in [0, 0.05) is 17.6 Å². The number of aliphatic hydroxyl groups is 1. The molecule has 0 heterocycles. The summed E-state index contributed by atoms with van der Waals surface area (Å²) in [5.41, 5.74) is 0.849. The topological polar surface area (TPSA) is 94.1 Å². The van der Waals surface area contributed by atoms with Crippen LogP contribution < -0.4 is 10.1 Å². The molecule has 34 heavy (non-hydrogen) atoms. The molecule has 0 aromatic heterocycles. The molecule has 0 spiro atoms. The first-order valence-corrected chi connectivity index (χ1v) is 10.8. The molecule has 2 atom stereocenters. The number of aliphatic hydroxyl groups excluding tert-OH is 1. The van der Waals surface area contributed by atoms with Crippen LogP contribution in [0.1, 0.15) is 38.9 Å². The Hall–Kier alpha value is -3.46. The quantitative estimate of drug-likeness (QED) is 0.343. The van der Waals surface area contributed by atoms with E-state index in [1.807, 2.05) is 6.92 Å². The average Bonchev–Trinajstić information content (AvgIpc) is 2.81. The molecule has 7 nitrogen and oxygen atoms in total. The zero-order chi connectivity index (χ0) is 25.1. The number of nitrogens with one attached hydrogen (secondary N) is 1. The van der Waals surface area contributed by atoms with E-state index in [0.29, 0.717) is 29.4 Å². The molecular weight excluding hydrogens is 448 g/mol. The van der Waals surface area contributed by atoms with Crippen LogP contribution in [0.25, 0.3) is 0 Å². The molecule has 0 aliphatic carbocycles. The number of hydrogen-bond acceptors (Lipinski definition) is 6. The van der Waals surface area contributed by atoms with Crippen LogP contribution >= 0.6 is 0 Å². The Bertz CT molecular complexity index is 993. The lowest BCUT2D eigenvalue weighted by molar-refractivity contribution is -0.138. The Balaban J connectivity index is 2.20. The average molecular weight is 478 g/mol. The SMILES string of the molecule is CCOC(=O)/C(C)=C/C[C@@H](C)[C@H](OC(=O)Nc1ccc(F)cc1F)c1ccc(OCCO)cc1. The summed E-state index contributed by atoms with van der Waals surface area (Å²) < 4.78 is 43.0. The van der Waals surface area contributed by atoms with Gasteiger partial charge >= 0.3 is 12.1 Å². The number of halogens is 2. The standard InChI is InChI=1S/C25H29F2NO6/c1-4-32-24(30)17(3)6-5-16(2)23(18-7-10-20(11-8-18)33-14-13-29)34-25(31)28-22-12-9-19(26)15-21(22)27/h6-12,15-16,23,29H,4-5,13-14H2,1-3H3,(H,28,31)/b17-6+/t16-,23+/m1/s1. The lowest BCUT2D eigenvalue weighted by atomic mass is 9.93. The molecule has 0 aliphatic heterocycles. The van der Waals surface area contributed by atoms with E-state index in [2.05, 4.69) is 5.32 Å². The maximum Gasteiger partial charge on any atom is 0.412 e. The van der Waals surface area contributed by atoms with Crippen molar-refractivity contribution in [2.45, 2.75) is 33.3 Å². The van der Waals surface area contributed by atoms with Crippen molar-refractivity contribution in [1.29, 1.82) is 0 Å². The summed E-state index contributed by atoms with van der Waals surface area (Å²) in [6.45, 7) is 5.46. The van der Waals surface area contributed by atoms with Crippen LogP contribution in [0.5, 0.6) is 5.75 Å². The van der Waals surface area contributed by atoms with Gasteiger partial charge in [-0.3, -0.25) is 5.32 Å². The molecular formula is C25H29F2NO6. The third-order valence-electron chi connectivity index (χ3n) is 4.88. The van der Waals surface area contributed by atoms with Crippen LogP contribution in [-0.2, 0) is 14.3 Å². The number of benzene rings is 2. The van der Waals surface area contributed by atoms with Crippen molar-refractivity contribution in [2.24, 2.45) is 5.92 Å². The number of esters is 1. The predicted molar refractivity (Wildman–Crippen MR) is 122 cm³/mol. The number of hydrogen-bond donors (Lipinski definition) is 2. The number of ether oxygens (including phenoxy) is 3. The van der Waals surface area contributed by atoms with Gasteiger partial charge in [-0.1, -0.05) is 25.1 Å². The number of rotatable bonds is 11. The zero-order valence-electron chi connectivity index (χ0n) is 19.3. The molecule has 2 N–H and O–H groups in total. The Labute approximate surface area is 197 Å². The van der Waals surface area contributed by atoms with Crippen LogP contribution in [0, 0.1) is 17.6 Å². The van der Waals surface area contributed by atoms with E-state index in [9.17, 15) is 18.4 Å². The summed E-state index contributed by atoms with van der Waals surface area (Å²) >= 11 is 0. The predicted octanol–water partition coefficient (Wildman–Crippen LogP) is 5.16. The molecule has 0 aliphatic rings. The number of carbonyl (C=O) groups excluding carboxylic acids is 2. The van der Waals surface area contributed by atoms with Crippen LogP contribution in [0.3, 0.4) is 0 Å². The van der Waals surface area contributed by atoms with Crippen LogP contribution in [0.2, 0.25) is 0 Å². The van der Waals surface area contributed by atoms with Crippen LogP contribution in [0.4, 0.5) is 19.3 Å². The summed E-state index contributed by atoms with van der Waals surface area (Å²) in [5, 5.41) is 11.2. The van der Waals surface area contributed by atoms with Crippen LogP contribution in [0.15, 0.2) is 54.1 Å². The number of amides is 1. The normalized spacial score (nSPS) is 13.1. The Morgan fingerprint density at radius 1 is 1.15 bits per heavy atom. The Morgan fingerprint density at radius 3 is 2.47 bits per heavy atom. The first kappa shape index (κ1) is 26.8. The number of allylic oxidation sites excluding steroid dienone is 1. The zero-order valence-corrected chi connectivity index (χ0v) is 19.3. The minimum Gasteiger partial charge on any atom is -0.491 e. The lowest BCUT2D eigenvalue weighted by Crippen LogP contribution is -2.22. The van der Waals surface area contributed by atoms with E-state index in [1.165, 1.54) is 0 Å². The van der Waals surface area contributed by atoms with Crippen molar-refractivity contribution >= 4 is 17.7 Å². The first-order chi connectivity index (χ1) is 16.2. The number of anilines is 1. The maximum absolute atomic E-state index is 13.9. The third-order valence-corrected chi connectivity index (χ3v) is 4.88. The molecule has 0 unspecified atom stereocenters. The van der Waals surface area contributed by atoms with Gasteiger partial charge in [0.25, 0.3) is 0 Å². The van der Waals surface area contributed by atoms with Crippen molar-refractivity contribution in [2.75, 3.05) is 25.1 Å². The van der Waals surface area contributed by atoms with Crippen molar-refractivity contribution in [3.63, 3.8) is 0 Å². The molecule has 0 saturated carbocycles. The third kappa shape index (κ3) is 8.15. The molecule has 2 aromatic rings. The van der Waals surface area contributed by atoms with Gasteiger partial charge < -0.3 is 19.3 Å². The fraction of sp³-hybridized carbons (Fsp3) is 0.360. The van der Waals surface area contributed by atoms with Crippen molar-refractivity contribution < 1.29 is 37.7 Å². The van der Waals surface area contributed by atoms with Crippen molar-refractivity contribution in [3.05, 3.63) is 71.3 Å². The monoisotopic (exact) mass is 477 g/mol. The smallest absolute Gasteiger partial charge is 0.412 e. The first-order valence-electron chi connectivity index (χ1n) is 10.8. The maximum atomic E-state index is 13.9. The largest absolute Gasteiger partial charge is 0.491 e. The second kappa shape index (κ2) is 13.3. The Morgan fingerprint density at radius 2 is 1.85 bits per heavy atom. The molecule has 0 bridgehead atoms. The minimum atomic E-state index is -0.931. The van der Waals surface area contributed by atoms with Gasteiger partial charge in [-0.15, -0.1) is 0 Å². The van der Waals surface area contributed by atoms with Crippen LogP contribution in [-0.4, -0.2) is 37.0 Å². The summed E-state index contributed by atoms with van der Waals surface area (Å²) in [7, 11) is 0. The van der Waals surface area contributed by atoms with Crippen molar-refractivity contribution in [1.82, 2.24) is 0 Å². The summed E-state index contributed by atoms with van der Waals surface area (Å²) in [6, 6.07) is 9.54. The van der Waals surface area contributed by atoms with E-state index in [-0.39, 0.29) is 31.4 Å². The Kier molecular flexibility index (Phi) is 10.5. The van der Waals surface area contributed by atoms with E-state index in [0.717, 1.165) is 12.1 Å². The fourth-order valence-corrected chi connectivity index (χ4v) is 3.09. The van der Waals surface area contributed by atoms with Gasteiger partial charge in [-0.05, 0) is 50.1 Å². The highest BCUT2D eigenvalue weighted by molar-refractivity contribution is 5.87. The molecule has 184 valence electrons. The van der Waals surface area contributed by atoms with Gasteiger partial charge in [0.05, 0.1) is 18.9 Å². The second-order valence-electron chi connectivity index (χ2n) is 7.54. The highest BCUT2D eigenvalue weighted by atomic mass is 19.1. The molecule has 2 rings (SSSR count). The van der Waals surface area contributed by atoms with E-state index in [1.54, 1.807) is 44.2 Å². The minimum absolute atomic E-state index is 0.128. The van der Waals surface area contributed by atoms with E-state index < -0.39 is 29.8 Å². The van der Waals surface area contributed by atoms with E-state index in [4.69, 9.17) is 19.3 Å². The summed E-state index contributed by atoms with van der Waals surface area (Å²) in [4.78, 5) is 24.4. The molecule has 0 saturated heterocycles. The van der Waals surface area contributed by atoms with E-state index >= 15 is 0 Å². The summed E-state index contributed by atoms with van der Waals surface area (Å²) in [5.74, 6) is -1.88. The summed E-state index contributed by atoms with van der Waals surface area (Å²) in [6.07, 6.45) is 0.404. The lowest BCUT2D eigenvalue weighted by Gasteiger charge is -2.24. The molecule has 0 fully saturated rings.